The predicted octanol–water partition coefficient (Wildman–Crippen LogP) is 4.21. The summed E-state index contributed by atoms with van der Waals surface area (Å²) in [6.45, 7) is 0. The summed E-state index contributed by atoms with van der Waals surface area (Å²) >= 11 is 45.9. The van der Waals surface area contributed by atoms with E-state index in [1.54, 1.807) is 0 Å². The van der Waals surface area contributed by atoms with Crippen LogP contribution >= 0.6 is 81.2 Å². The quantitative estimate of drug-likeness (QED) is 0.558. The third kappa shape index (κ3) is 0.547. The zero-order valence-corrected chi connectivity index (χ0v) is 13.3. The Kier molecular flexibility index (Phi) is 1.62. The Morgan fingerprint density at radius 1 is 0.706 bits per heavy atom. The Morgan fingerprint density at radius 2 is 1.29 bits per heavy atom. The van der Waals surface area contributed by atoms with Crippen molar-refractivity contribution in [2.45, 2.75) is 29.7 Å². The molecule has 0 aliphatic heterocycles. The molecule has 0 aromatic rings. The molecule has 4 fully saturated rings. The maximum absolute atomic E-state index is 6.76. The minimum absolute atomic E-state index is 0.0525. The highest BCUT2D eigenvalue weighted by Crippen LogP contribution is 3.07. The molecule has 0 amide bonds. The molecule has 0 aromatic heterocycles. The lowest BCUT2D eigenvalue weighted by Crippen LogP contribution is -2.92. The van der Waals surface area contributed by atoms with Crippen molar-refractivity contribution in [2.24, 2.45) is 23.2 Å². The van der Waals surface area contributed by atoms with Gasteiger partial charge in [0.15, 0.2) is 4.33 Å². The van der Waals surface area contributed by atoms with Crippen LogP contribution in [0.3, 0.4) is 0 Å². The molecular weight excluding hydrogens is 368 g/mol. The Hall–Kier alpha value is 2.03. The second kappa shape index (κ2) is 2.36. The van der Waals surface area contributed by atoms with Crippen molar-refractivity contribution < 1.29 is 0 Å². The molecule has 17 heavy (non-hydrogen) atoms. The summed E-state index contributed by atoms with van der Waals surface area (Å²) in [5.41, 5.74) is -0.500. The molecule has 7 heteroatoms. The van der Waals surface area contributed by atoms with Gasteiger partial charge in [0.25, 0.3) is 0 Å². The molecule has 0 N–H and O–H groups in total. The number of rotatable bonds is 0. The third-order valence-electron chi connectivity index (χ3n) is 6.29. The van der Waals surface area contributed by atoms with Gasteiger partial charge in [0.2, 0.25) is 0 Å². The van der Waals surface area contributed by atoms with E-state index in [1.807, 2.05) is 0 Å². The first-order chi connectivity index (χ1) is 7.68. The molecular formula is C10H5Cl7. The van der Waals surface area contributed by atoms with Crippen molar-refractivity contribution in [3.05, 3.63) is 0 Å². The summed E-state index contributed by atoms with van der Waals surface area (Å²) in [6.07, 6.45) is 0. The fourth-order valence-electron chi connectivity index (χ4n) is 6.03. The van der Waals surface area contributed by atoms with E-state index in [1.165, 1.54) is 0 Å². The van der Waals surface area contributed by atoms with Crippen LogP contribution in [-0.4, -0.2) is 29.7 Å². The standard InChI is InChI=1S/C10H5Cl7/c11-4-2-1-3-6(4)5(12)10(16,17)9(3,15)8(1,14)7(2,6)13/h1-5H. The van der Waals surface area contributed by atoms with E-state index in [9.17, 15) is 0 Å². The molecule has 9 atom stereocenters. The number of alkyl halides is 7. The van der Waals surface area contributed by atoms with Crippen LogP contribution in [0.25, 0.3) is 0 Å². The number of hydrogen-bond acceptors (Lipinski definition) is 0. The molecule has 4 aliphatic carbocycles. The second-order valence-electron chi connectivity index (χ2n) is 5.98. The van der Waals surface area contributed by atoms with E-state index in [-0.39, 0.29) is 23.1 Å². The molecule has 0 heterocycles. The lowest BCUT2D eigenvalue weighted by Gasteiger charge is -2.79. The molecule has 0 bridgehead atoms. The molecule has 0 radical (unpaired) electrons. The van der Waals surface area contributed by atoms with E-state index in [4.69, 9.17) is 81.2 Å². The van der Waals surface area contributed by atoms with Gasteiger partial charge in [-0.25, -0.2) is 0 Å². The normalized spacial score (nSPS) is 83.8. The highest BCUT2D eigenvalue weighted by molar-refractivity contribution is 6.63. The highest BCUT2D eigenvalue weighted by atomic mass is 35.5. The molecule has 0 saturated heterocycles. The number of hydrogen-bond donors (Lipinski definition) is 0. The van der Waals surface area contributed by atoms with E-state index in [0.29, 0.717) is 0 Å². The summed E-state index contributed by atoms with van der Waals surface area (Å²) in [4.78, 5) is -2.28. The minimum atomic E-state index is -1.27. The fraction of sp³-hybridized carbons (Fsp3) is 1.00. The van der Waals surface area contributed by atoms with Crippen molar-refractivity contribution >= 4 is 81.2 Å². The Morgan fingerprint density at radius 3 is 1.82 bits per heavy atom. The maximum Gasteiger partial charge on any atom is 0.156 e. The zero-order chi connectivity index (χ0) is 12.4. The van der Waals surface area contributed by atoms with Crippen LogP contribution in [0.5, 0.6) is 0 Å². The van der Waals surface area contributed by atoms with E-state index < -0.39 is 29.7 Å². The average Bonchev–Trinajstić information content (AvgIpc) is 2.82. The molecule has 1 spiro atoms. The van der Waals surface area contributed by atoms with Crippen molar-refractivity contribution in [1.82, 2.24) is 0 Å². The predicted molar refractivity (Wildman–Crippen MR) is 72.4 cm³/mol. The summed E-state index contributed by atoms with van der Waals surface area (Å²) < 4.78 is -1.27. The molecule has 0 aromatic carbocycles. The summed E-state index contributed by atoms with van der Waals surface area (Å²) in [5, 5.41) is -0.652. The largest absolute Gasteiger partial charge is 0.156 e. The first-order valence-corrected chi connectivity index (χ1v) is 8.16. The molecule has 4 saturated carbocycles. The van der Waals surface area contributed by atoms with Gasteiger partial charge in [-0.15, -0.1) is 58.0 Å². The lowest BCUT2D eigenvalue weighted by atomic mass is 9.39. The second-order valence-corrected chi connectivity index (χ2v) is 10.1. The molecule has 9 unspecified atom stereocenters. The molecule has 94 valence electrons. The topological polar surface area (TPSA) is 0 Å². The van der Waals surface area contributed by atoms with Crippen LogP contribution in [0.1, 0.15) is 0 Å². The minimum Gasteiger partial charge on any atom is -0.122 e. The van der Waals surface area contributed by atoms with Gasteiger partial charge in [-0.05, 0) is 11.8 Å². The zero-order valence-electron chi connectivity index (χ0n) is 8.03. The third-order valence-corrected chi connectivity index (χ3v) is 11.8. The van der Waals surface area contributed by atoms with E-state index >= 15 is 0 Å². The summed E-state index contributed by atoms with van der Waals surface area (Å²) in [7, 11) is 0. The molecule has 4 aliphatic rings. The Bertz CT molecular complexity index is 505. The van der Waals surface area contributed by atoms with Gasteiger partial charge in [-0.3, -0.25) is 0 Å². The van der Waals surface area contributed by atoms with Crippen LogP contribution in [-0.2, 0) is 0 Å². The highest BCUT2D eigenvalue weighted by Gasteiger charge is 3.16. The van der Waals surface area contributed by atoms with Crippen molar-refractivity contribution in [3.8, 4) is 0 Å². The Balaban J connectivity index is 1.89. The van der Waals surface area contributed by atoms with Crippen molar-refractivity contribution in [1.29, 1.82) is 0 Å². The molecule has 4 rings (SSSR count). The number of halogens is 7. The van der Waals surface area contributed by atoms with E-state index in [0.717, 1.165) is 0 Å². The van der Waals surface area contributed by atoms with Gasteiger partial charge >= 0.3 is 0 Å². The van der Waals surface area contributed by atoms with Gasteiger partial charge in [-0.2, -0.15) is 0 Å². The first kappa shape index (κ1) is 11.7. The average molecular weight is 373 g/mol. The fourth-order valence-corrected chi connectivity index (χ4v) is 11.2. The Labute approximate surface area is 133 Å². The SMILES string of the molecule is ClC1C2C3C4C15C(Cl)C(Cl)(Cl)C4(Cl)C3(Cl)C25Cl. The monoisotopic (exact) mass is 370 g/mol. The van der Waals surface area contributed by atoms with Gasteiger partial charge in [0, 0.05) is 16.7 Å². The summed E-state index contributed by atoms with van der Waals surface area (Å²) in [5.74, 6) is 0.491. The first-order valence-electron chi connectivity index (χ1n) is 5.40. The van der Waals surface area contributed by atoms with Gasteiger partial charge < -0.3 is 0 Å². The maximum atomic E-state index is 6.76. The van der Waals surface area contributed by atoms with Gasteiger partial charge in [-0.1, -0.05) is 23.2 Å². The van der Waals surface area contributed by atoms with E-state index in [2.05, 4.69) is 0 Å². The van der Waals surface area contributed by atoms with Gasteiger partial charge in [0.05, 0.1) is 15.1 Å². The summed E-state index contributed by atoms with van der Waals surface area (Å²) in [6, 6.07) is 0. The van der Waals surface area contributed by atoms with Crippen molar-refractivity contribution in [3.63, 3.8) is 0 Å². The van der Waals surface area contributed by atoms with Gasteiger partial charge in [0.1, 0.15) is 4.87 Å². The lowest BCUT2D eigenvalue weighted by molar-refractivity contribution is -0.0944. The van der Waals surface area contributed by atoms with Crippen LogP contribution < -0.4 is 0 Å². The van der Waals surface area contributed by atoms with Crippen LogP contribution in [0, 0.1) is 23.2 Å². The smallest absolute Gasteiger partial charge is 0.122 e. The van der Waals surface area contributed by atoms with Crippen LogP contribution in [0.15, 0.2) is 0 Å². The molecule has 0 nitrogen and oxygen atoms in total. The van der Waals surface area contributed by atoms with Crippen molar-refractivity contribution in [2.75, 3.05) is 0 Å². The number of fused-ring (bicyclic) bond motifs is 9. The van der Waals surface area contributed by atoms with Crippen LogP contribution in [0.2, 0.25) is 0 Å². The van der Waals surface area contributed by atoms with Crippen LogP contribution in [0.4, 0.5) is 0 Å².